The summed E-state index contributed by atoms with van der Waals surface area (Å²) in [5.74, 6) is 0.0412. The van der Waals surface area contributed by atoms with Gasteiger partial charge in [0.2, 0.25) is 11.8 Å². The predicted octanol–water partition coefficient (Wildman–Crippen LogP) is 1.89. The van der Waals surface area contributed by atoms with Gasteiger partial charge >= 0.3 is 0 Å². The number of para-hydroxylation sites is 1. The Balaban J connectivity index is 1.44. The first-order valence-corrected chi connectivity index (χ1v) is 9.07. The lowest BCUT2D eigenvalue weighted by molar-refractivity contribution is -0.135. The second kappa shape index (κ2) is 7.69. The average Bonchev–Trinajstić information content (AvgIpc) is 3.43. The zero-order valence-electron chi connectivity index (χ0n) is 14.4. The van der Waals surface area contributed by atoms with E-state index in [2.05, 4.69) is 29.3 Å². The van der Waals surface area contributed by atoms with Crippen LogP contribution in [0, 0.1) is 11.8 Å². The highest BCUT2D eigenvalue weighted by Crippen LogP contribution is 2.40. The fourth-order valence-corrected chi connectivity index (χ4v) is 3.34. The molecule has 0 aromatic heterocycles. The van der Waals surface area contributed by atoms with Gasteiger partial charge < -0.3 is 15.1 Å². The quantitative estimate of drug-likeness (QED) is 0.811. The minimum absolute atomic E-state index is 0.0599. The van der Waals surface area contributed by atoms with Crippen molar-refractivity contribution in [2.24, 2.45) is 11.8 Å². The molecular formula is C19H27N3O2. The number of carbonyl (C=O) groups excluding carboxylic acids is 2. The summed E-state index contributed by atoms with van der Waals surface area (Å²) in [4.78, 5) is 28.8. The normalized spacial score (nSPS) is 23.0. The molecule has 1 heterocycles. The Morgan fingerprint density at radius 3 is 2.46 bits per heavy atom. The number of nitrogens with zero attached hydrogens (tertiary/aromatic N) is 2. The van der Waals surface area contributed by atoms with Crippen molar-refractivity contribution in [1.29, 1.82) is 0 Å². The monoisotopic (exact) mass is 329 g/mol. The van der Waals surface area contributed by atoms with Crippen LogP contribution >= 0.6 is 0 Å². The van der Waals surface area contributed by atoms with Crippen LogP contribution < -0.4 is 10.2 Å². The number of nitrogens with one attached hydrogen (secondary N) is 1. The fourth-order valence-electron chi connectivity index (χ4n) is 3.34. The highest BCUT2D eigenvalue weighted by atomic mass is 16.2. The van der Waals surface area contributed by atoms with Gasteiger partial charge in [-0.05, 0) is 25.0 Å². The summed E-state index contributed by atoms with van der Waals surface area (Å²) in [7, 11) is 0. The summed E-state index contributed by atoms with van der Waals surface area (Å²) in [5, 5.41) is 2.94. The molecule has 1 aliphatic carbocycles. The molecule has 2 aliphatic rings. The molecule has 2 unspecified atom stereocenters. The van der Waals surface area contributed by atoms with Crippen LogP contribution in [0.25, 0.3) is 0 Å². The van der Waals surface area contributed by atoms with E-state index in [9.17, 15) is 9.59 Å². The van der Waals surface area contributed by atoms with Gasteiger partial charge in [0.15, 0.2) is 0 Å². The van der Waals surface area contributed by atoms with Crippen LogP contribution in [0.2, 0.25) is 0 Å². The Morgan fingerprint density at radius 2 is 1.79 bits per heavy atom. The van der Waals surface area contributed by atoms with Crippen LogP contribution in [-0.4, -0.2) is 49.4 Å². The van der Waals surface area contributed by atoms with Crippen LogP contribution in [0.4, 0.5) is 5.69 Å². The van der Waals surface area contributed by atoms with E-state index in [1.165, 1.54) is 5.69 Å². The Labute approximate surface area is 144 Å². The summed E-state index contributed by atoms with van der Waals surface area (Å²) in [5.41, 5.74) is 1.21. The second-order valence-electron chi connectivity index (χ2n) is 6.74. The lowest BCUT2D eigenvalue weighted by Gasteiger charge is -2.36. The molecule has 1 saturated heterocycles. The fraction of sp³-hybridized carbons (Fsp3) is 0.579. The van der Waals surface area contributed by atoms with Gasteiger partial charge in [-0.2, -0.15) is 0 Å². The van der Waals surface area contributed by atoms with E-state index in [1.807, 2.05) is 23.1 Å². The molecule has 3 rings (SSSR count). The molecular weight excluding hydrogens is 302 g/mol. The lowest BCUT2D eigenvalue weighted by atomic mass is 10.2. The molecule has 5 nitrogen and oxygen atoms in total. The van der Waals surface area contributed by atoms with Gasteiger partial charge in [-0.15, -0.1) is 0 Å². The third-order valence-corrected chi connectivity index (χ3v) is 4.99. The molecule has 2 fully saturated rings. The highest BCUT2D eigenvalue weighted by molar-refractivity contribution is 5.92. The van der Waals surface area contributed by atoms with E-state index in [-0.39, 0.29) is 23.7 Å². The third-order valence-electron chi connectivity index (χ3n) is 4.99. The minimum atomic E-state index is -0.0958. The SMILES string of the molecule is CCCCNC(=O)C1CC1C(=O)N1CCN(c2ccccc2)CC1. The van der Waals surface area contributed by atoms with Gasteiger partial charge in [0.05, 0.1) is 11.8 Å². The summed E-state index contributed by atoms with van der Waals surface area (Å²) >= 11 is 0. The predicted molar refractivity (Wildman–Crippen MR) is 94.7 cm³/mol. The first-order chi connectivity index (χ1) is 11.7. The van der Waals surface area contributed by atoms with Gasteiger partial charge in [0.1, 0.15) is 0 Å². The average molecular weight is 329 g/mol. The molecule has 1 N–H and O–H groups in total. The molecule has 2 amide bonds. The molecule has 1 aromatic rings. The van der Waals surface area contributed by atoms with Crippen molar-refractivity contribution in [3.05, 3.63) is 30.3 Å². The summed E-state index contributed by atoms with van der Waals surface area (Å²) < 4.78 is 0. The molecule has 5 heteroatoms. The lowest BCUT2D eigenvalue weighted by Crippen LogP contribution is -2.49. The zero-order chi connectivity index (χ0) is 16.9. The first-order valence-electron chi connectivity index (χ1n) is 9.07. The Hall–Kier alpha value is -2.04. The Kier molecular flexibility index (Phi) is 5.38. The van der Waals surface area contributed by atoms with E-state index in [1.54, 1.807) is 0 Å². The van der Waals surface area contributed by atoms with Crippen molar-refractivity contribution in [2.75, 3.05) is 37.6 Å². The number of hydrogen-bond donors (Lipinski definition) is 1. The summed E-state index contributed by atoms with van der Waals surface area (Å²) in [6.07, 6.45) is 2.78. The van der Waals surface area contributed by atoms with Gasteiger partial charge in [-0.25, -0.2) is 0 Å². The largest absolute Gasteiger partial charge is 0.368 e. The molecule has 1 saturated carbocycles. The first kappa shape index (κ1) is 16.8. The number of hydrogen-bond acceptors (Lipinski definition) is 3. The van der Waals surface area contributed by atoms with E-state index in [4.69, 9.17) is 0 Å². The highest BCUT2D eigenvalue weighted by Gasteiger charge is 2.49. The minimum Gasteiger partial charge on any atom is -0.368 e. The van der Waals surface area contributed by atoms with Crippen LogP contribution in [0.15, 0.2) is 30.3 Å². The van der Waals surface area contributed by atoms with Crippen LogP contribution in [0.3, 0.4) is 0 Å². The summed E-state index contributed by atoms with van der Waals surface area (Å²) in [6.45, 7) is 6.03. The van der Waals surface area contributed by atoms with Gasteiger partial charge in [0, 0.05) is 38.4 Å². The van der Waals surface area contributed by atoms with E-state index in [0.29, 0.717) is 0 Å². The van der Waals surface area contributed by atoms with Crippen molar-refractivity contribution < 1.29 is 9.59 Å². The van der Waals surface area contributed by atoms with Crippen molar-refractivity contribution in [3.63, 3.8) is 0 Å². The van der Waals surface area contributed by atoms with Crippen molar-refractivity contribution >= 4 is 17.5 Å². The number of piperazine rings is 1. The summed E-state index contributed by atoms with van der Waals surface area (Å²) in [6, 6.07) is 10.3. The molecule has 0 spiro atoms. The maximum atomic E-state index is 12.6. The smallest absolute Gasteiger partial charge is 0.226 e. The Bertz CT molecular complexity index is 567. The molecule has 1 aliphatic heterocycles. The number of rotatable bonds is 6. The van der Waals surface area contributed by atoms with Gasteiger partial charge in [-0.3, -0.25) is 9.59 Å². The van der Waals surface area contributed by atoms with Crippen LogP contribution in [0.1, 0.15) is 26.2 Å². The molecule has 1 aromatic carbocycles. The van der Waals surface area contributed by atoms with Crippen molar-refractivity contribution in [1.82, 2.24) is 10.2 Å². The zero-order valence-corrected chi connectivity index (χ0v) is 14.4. The molecule has 24 heavy (non-hydrogen) atoms. The standard InChI is InChI=1S/C19H27N3O2/c1-2-3-9-20-18(23)16-14-17(16)19(24)22-12-10-21(11-13-22)15-7-5-4-6-8-15/h4-8,16-17H,2-3,9-14H2,1H3,(H,20,23). The number of anilines is 1. The Morgan fingerprint density at radius 1 is 1.08 bits per heavy atom. The van der Waals surface area contributed by atoms with Crippen molar-refractivity contribution in [2.45, 2.75) is 26.2 Å². The number of carbonyl (C=O) groups is 2. The number of unbranched alkanes of at least 4 members (excludes halogenated alkanes) is 1. The van der Waals surface area contributed by atoms with E-state index in [0.717, 1.165) is 52.0 Å². The molecule has 2 atom stereocenters. The third kappa shape index (κ3) is 3.89. The maximum absolute atomic E-state index is 12.6. The van der Waals surface area contributed by atoms with Gasteiger partial charge in [-0.1, -0.05) is 31.5 Å². The molecule has 0 radical (unpaired) electrons. The maximum Gasteiger partial charge on any atom is 0.226 e. The van der Waals surface area contributed by atoms with Crippen LogP contribution in [-0.2, 0) is 9.59 Å². The van der Waals surface area contributed by atoms with E-state index >= 15 is 0 Å². The van der Waals surface area contributed by atoms with Gasteiger partial charge in [0.25, 0.3) is 0 Å². The van der Waals surface area contributed by atoms with Crippen LogP contribution in [0.5, 0.6) is 0 Å². The number of benzene rings is 1. The van der Waals surface area contributed by atoms with E-state index < -0.39 is 0 Å². The second-order valence-corrected chi connectivity index (χ2v) is 6.74. The van der Waals surface area contributed by atoms with Crippen molar-refractivity contribution in [3.8, 4) is 0 Å². The number of amides is 2. The topological polar surface area (TPSA) is 52.7 Å². The molecule has 0 bridgehead atoms. The molecule has 130 valence electrons.